The van der Waals surface area contributed by atoms with Gasteiger partial charge >= 0.3 is 0 Å². The molecule has 4 rings (SSSR count). The topological polar surface area (TPSA) is 74.4 Å². The Morgan fingerprint density at radius 3 is 2.81 bits per heavy atom. The van der Waals surface area contributed by atoms with Crippen molar-refractivity contribution in [2.75, 3.05) is 44.3 Å². The number of amides is 1. The van der Waals surface area contributed by atoms with Crippen molar-refractivity contribution in [1.82, 2.24) is 19.9 Å². The summed E-state index contributed by atoms with van der Waals surface area (Å²) in [5, 5.41) is 0. The first-order valence-electron chi connectivity index (χ1n) is 9.37. The molecular formula is C19H25N5O2. The monoisotopic (exact) mass is 355 g/mol. The first kappa shape index (κ1) is 17.0. The van der Waals surface area contributed by atoms with Crippen LogP contribution in [0.2, 0.25) is 0 Å². The fourth-order valence-corrected chi connectivity index (χ4v) is 3.73. The van der Waals surface area contributed by atoms with E-state index in [9.17, 15) is 4.79 Å². The molecular weight excluding hydrogens is 330 g/mol. The molecule has 2 aromatic rings. The van der Waals surface area contributed by atoms with Gasteiger partial charge in [-0.3, -0.25) is 4.79 Å². The zero-order valence-electron chi connectivity index (χ0n) is 15.0. The zero-order chi connectivity index (χ0) is 17.8. The highest BCUT2D eigenvalue weighted by molar-refractivity contribution is 5.76. The maximum atomic E-state index is 12.6. The van der Waals surface area contributed by atoms with Crippen LogP contribution < -0.4 is 4.90 Å². The molecule has 0 radical (unpaired) electrons. The number of nitrogens with one attached hydrogen (secondary N) is 1. The van der Waals surface area contributed by atoms with Gasteiger partial charge in [0.05, 0.1) is 18.9 Å². The first-order valence-corrected chi connectivity index (χ1v) is 9.37. The van der Waals surface area contributed by atoms with Gasteiger partial charge in [-0.25, -0.2) is 9.97 Å². The molecule has 2 aliphatic rings. The Morgan fingerprint density at radius 1 is 1.15 bits per heavy atom. The second kappa shape index (κ2) is 7.86. The van der Waals surface area contributed by atoms with Gasteiger partial charge in [0.2, 0.25) is 5.91 Å². The number of aromatic amines is 1. The van der Waals surface area contributed by atoms with Gasteiger partial charge in [0.25, 0.3) is 0 Å². The number of hydrogen-bond donors (Lipinski definition) is 1. The minimum Gasteiger partial charge on any atom is -0.378 e. The van der Waals surface area contributed by atoms with Gasteiger partial charge in [0, 0.05) is 56.5 Å². The molecule has 0 unspecified atom stereocenters. The quantitative estimate of drug-likeness (QED) is 0.892. The van der Waals surface area contributed by atoms with Crippen LogP contribution in [-0.4, -0.2) is 65.2 Å². The van der Waals surface area contributed by atoms with Crippen LogP contribution in [0.5, 0.6) is 0 Å². The molecule has 1 saturated heterocycles. The van der Waals surface area contributed by atoms with Gasteiger partial charge in [-0.15, -0.1) is 0 Å². The van der Waals surface area contributed by atoms with E-state index in [4.69, 9.17) is 4.74 Å². The van der Waals surface area contributed by atoms with Gasteiger partial charge in [-0.05, 0) is 25.0 Å². The van der Waals surface area contributed by atoms with Crippen LogP contribution in [0.4, 0.5) is 5.82 Å². The van der Waals surface area contributed by atoms with Crippen LogP contribution in [0.15, 0.2) is 24.7 Å². The number of hydrogen-bond acceptors (Lipinski definition) is 5. The zero-order valence-corrected chi connectivity index (χ0v) is 15.0. The average Bonchev–Trinajstić information content (AvgIpc) is 3.11. The van der Waals surface area contributed by atoms with Gasteiger partial charge < -0.3 is 19.5 Å². The average molecular weight is 355 g/mol. The Bertz CT molecular complexity index is 740. The van der Waals surface area contributed by atoms with Crippen molar-refractivity contribution in [3.05, 3.63) is 41.6 Å². The normalized spacial score (nSPS) is 17.7. The van der Waals surface area contributed by atoms with Crippen molar-refractivity contribution in [3.8, 4) is 0 Å². The van der Waals surface area contributed by atoms with Crippen LogP contribution in [0.25, 0.3) is 0 Å². The highest BCUT2D eigenvalue weighted by Gasteiger charge is 2.24. The molecule has 7 heteroatoms. The van der Waals surface area contributed by atoms with Crippen molar-refractivity contribution in [2.24, 2.45) is 0 Å². The molecule has 4 heterocycles. The van der Waals surface area contributed by atoms with E-state index in [2.05, 4.69) is 19.9 Å². The van der Waals surface area contributed by atoms with E-state index in [0.29, 0.717) is 6.42 Å². The summed E-state index contributed by atoms with van der Waals surface area (Å²) in [6.07, 6.45) is 6.47. The fourth-order valence-electron chi connectivity index (χ4n) is 3.73. The maximum Gasteiger partial charge on any atom is 0.222 e. The Labute approximate surface area is 153 Å². The summed E-state index contributed by atoms with van der Waals surface area (Å²) in [6, 6.07) is 3.99. The lowest BCUT2D eigenvalue weighted by Gasteiger charge is -2.29. The summed E-state index contributed by atoms with van der Waals surface area (Å²) in [6.45, 7) is 4.67. The Hall–Kier alpha value is -2.41. The maximum absolute atomic E-state index is 12.6. The molecule has 0 bridgehead atoms. The van der Waals surface area contributed by atoms with Gasteiger partial charge in [-0.1, -0.05) is 0 Å². The van der Waals surface area contributed by atoms with Gasteiger partial charge in [-0.2, -0.15) is 0 Å². The fraction of sp³-hybridized carbons (Fsp3) is 0.526. The number of aryl methyl sites for hydroxylation is 1. The second-order valence-corrected chi connectivity index (χ2v) is 6.80. The minimum absolute atomic E-state index is 0.216. The van der Waals surface area contributed by atoms with E-state index in [1.54, 1.807) is 6.33 Å². The van der Waals surface area contributed by atoms with Crippen LogP contribution in [0.1, 0.15) is 23.4 Å². The predicted octanol–water partition coefficient (Wildman–Crippen LogP) is 1.20. The number of H-pyrrole nitrogens is 1. The third kappa shape index (κ3) is 3.72. The summed E-state index contributed by atoms with van der Waals surface area (Å²) in [5.41, 5.74) is 3.40. The van der Waals surface area contributed by atoms with Crippen LogP contribution in [0.3, 0.4) is 0 Å². The third-order valence-electron chi connectivity index (χ3n) is 5.20. The van der Waals surface area contributed by atoms with Crippen molar-refractivity contribution in [2.45, 2.75) is 25.7 Å². The SMILES string of the molecule is O=C(CCc1ccc[nH]1)N1CCc2ncnc(N3CCOCC3)c2CC1. The lowest BCUT2D eigenvalue weighted by molar-refractivity contribution is -0.131. The molecule has 2 aromatic heterocycles. The molecule has 1 N–H and O–H groups in total. The highest BCUT2D eigenvalue weighted by atomic mass is 16.5. The number of aromatic nitrogens is 3. The van der Waals surface area contributed by atoms with E-state index in [1.807, 2.05) is 23.2 Å². The molecule has 1 amide bonds. The molecule has 0 atom stereocenters. The van der Waals surface area contributed by atoms with Crippen molar-refractivity contribution >= 4 is 11.7 Å². The summed E-state index contributed by atoms with van der Waals surface area (Å²) in [5.74, 6) is 1.24. The predicted molar refractivity (Wildman–Crippen MR) is 98.2 cm³/mol. The number of nitrogens with zero attached hydrogens (tertiary/aromatic N) is 4. The number of ether oxygens (including phenoxy) is 1. The van der Waals surface area contributed by atoms with E-state index in [-0.39, 0.29) is 5.91 Å². The smallest absolute Gasteiger partial charge is 0.222 e. The number of morpholine rings is 1. The number of rotatable bonds is 4. The molecule has 0 aliphatic carbocycles. The molecule has 138 valence electrons. The first-order chi connectivity index (χ1) is 12.8. The molecule has 7 nitrogen and oxygen atoms in total. The van der Waals surface area contributed by atoms with Crippen molar-refractivity contribution in [3.63, 3.8) is 0 Å². The third-order valence-corrected chi connectivity index (χ3v) is 5.20. The number of anilines is 1. The summed E-state index contributed by atoms with van der Waals surface area (Å²) < 4.78 is 5.46. The van der Waals surface area contributed by atoms with Gasteiger partial charge in [0.15, 0.2) is 0 Å². The van der Waals surface area contributed by atoms with Crippen molar-refractivity contribution in [1.29, 1.82) is 0 Å². The number of carbonyl (C=O) groups is 1. The largest absolute Gasteiger partial charge is 0.378 e. The highest BCUT2D eigenvalue weighted by Crippen LogP contribution is 2.24. The van der Waals surface area contributed by atoms with E-state index >= 15 is 0 Å². The van der Waals surface area contributed by atoms with E-state index < -0.39 is 0 Å². The van der Waals surface area contributed by atoms with E-state index in [1.165, 1.54) is 5.56 Å². The molecule has 0 spiro atoms. The number of fused-ring (bicyclic) bond motifs is 1. The molecule has 2 aliphatic heterocycles. The molecule has 1 fully saturated rings. The lowest BCUT2D eigenvalue weighted by Crippen LogP contribution is -2.37. The van der Waals surface area contributed by atoms with E-state index in [0.717, 1.165) is 75.9 Å². The van der Waals surface area contributed by atoms with Crippen LogP contribution in [0, 0.1) is 0 Å². The standard InChI is InChI=1S/C19H25N5O2/c25-18(4-3-15-2-1-7-20-15)23-8-5-16-17(6-9-23)21-14-22-19(16)24-10-12-26-13-11-24/h1-2,7,14,20H,3-6,8-13H2. The summed E-state index contributed by atoms with van der Waals surface area (Å²) >= 11 is 0. The Kier molecular flexibility index (Phi) is 5.15. The van der Waals surface area contributed by atoms with Crippen LogP contribution in [-0.2, 0) is 28.8 Å². The molecule has 26 heavy (non-hydrogen) atoms. The number of carbonyl (C=O) groups excluding carboxylic acids is 1. The lowest BCUT2D eigenvalue weighted by atomic mass is 10.1. The second-order valence-electron chi connectivity index (χ2n) is 6.80. The summed E-state index contributed by atoms with van der Waals surface area (Å²) in [7, 11) is 0. The minimum atomic E-state index is 0.216. The Morgan fingerprint density at radius 2 is 2.00 bits per heavy atom. The molecule has 0 aromatic carbocycles. The summed E-state index contributed by atoms with van der Waals surface area (Å²) in [4.78, 5) is 29.1. The Balaban J connectivity index is 1.42. The van der Waals surface area contributed by atoms with Crippen LogP contribution >= 0.6 is 0 Å². The molecule has 0 saturated carbocycles. The van der Waals surface area contributed by atoms with Gasteiger partial charge in [0.1, 0.15) is 12.1 Å². The van der Waals surface area contributed by atoms with Crippen molar-refractivity contribution < 1.29 is 9.53 Å².